The van der Waals surface area contributed by atoms with Gasteiger partial charge in [-0.1, -0.05) is 23.7 Å². The molecule has 0 atom stereocenters. The van der Waals surface area contributed by atoms with Crippen LogP contribution in [-0.4, -0.2) is 29.9 Å². The molecule has 0 heterocycles. The van der Waals surface area contributed by atoms with Gasteiger partial charge in [-0.3, -0.25) is 14.9 Å². The Hall–Kier alpha value is -3.84. The Morgan fingerprint density at radius 2 is 1.53 bits per heavy atom. The third-order valence-electron chi connectivity index (χ3n) is 4.56. The number of anilines is 1. The summed E-state index contributed by atoms with van der Waals surface area (Å²) in [6.07, 6.45) is -0.986. The Labute approximate surface area is 189 Å². The van der Waals surface area contributed by atoms with Gasteiger partial charge in [0.1, 0.15) is 6.61 Å². The molecule has 0 fully saturated rings. The maximum Gasteiger partial charge on any atom is 0.411 e. The van der Waals surface area contributed by atoms with Crippen LogP contribution in [0.2, 0.25) is 5.02 Å². The lowest BCUT2D eigenvalue weighted by molar-refractivity contribution is 0.0894. The molecule has 0 spiro atoms. The van der Waals surface area contributed by atoms with Gasteiger partial charge in [0.25, 0.3) is 0 Å². The molecule has 3 aromatic carbocycles. The second-order valence-corrected chi connectivity index (χ2v) is 7.25. The van der Waals surface area contributed by atoms with Crippen LogP contribution in [0.25, 0.3) is 0 Å². The van der Waals surface area contributed by atoms with E-state index in [2.05, 4.69) is 5.32 Å². The molecule has 3 aromatic rings. The molecule has 8 heteroatoms. The molecular weight excluding hydrogens is 434 g/mol. The van der Waals surface area contributed by atoms with Gasteiger partial charge in [-0.2, -0.15) is 0 Å². The highest BCUT2D eigenvalue weighted by molar-refractivity contribution is 6.30. The molecule has 0 aliphatic heterocycles. The molecule has 0 saturated heterocycles. The van der Waals surface area contributed by atoms with Gasteiger partial charge in [-0.05, 0) is 60.2 Å². The van der Waals surface area contributed by atoms with E-state index in [4.69, 9.17) is 21.1 Å². The van der Waals surface area contributed by atoms with Gasteiger partial charge in [-0.25, -0.2) is 4.79 Å². The number of aromatic hydroxyl groups is 1. The number of carbonyl (C=O) groups excluding carboxylic acids is 3. The first-order chi connectivity index (χ1) is 15.4. The molecule has 0 bridgehead atoms. The highest BCUT2D eigenvalue weighted by Gasteiger charge is 2.16. The molecule has 0 unspecified atom stereocenters. The number of phenols is 1. The van der Waals surface area contributed by atoms with Crippen molar-refractivity contribution in [2.75, 3.05) is 12.4 Å². The number of ether oxygens (including phenoxy) is 2. The fourth-order valence-corrected chi connectivity index (χ4v) is 2.95. The normalized spacial score (nSPS) is 10.3. The van der Waals surface area contributed by atoms with Crippen LogP contribution in [-0.2, 0) is 11.3 Å². The lowest BCUT2D eigenvalue weighted by atomic mass is 10.0. The van der Waals surface area contributed by atoms with E-state index in [1.54, 1.807) is 36.4 Å². The van der Waals surface area contributed by atoms with Crippen molar-refractivity contribution in [3.63, 3.8) is 0 Å². The summed E-state index contributed by atoms with van der Waals surface area (Å²) in [4.78, 5) is 36.8. The fraction of sp³-hybridized carbons (Fsp3) is 0.125. The highest BCUT2D eigenvalue weighted by Crippen LogP contribution is 2.27. The molecule has 7 nitrogen and oxygen atoms in total. The number of nitrogens with one attached hydrogen (secondary N) is 1. The van der Waals surface area contributed by atoms with Crippen LogP contribution in [0.5, 0.6) is 11.5 Å². The van der Waals surface area contributed by atoms with E-state index in [1.807, 2.05) is 0 Å². The molecule has 32 heavy (non-hydrogen) atoms. The minimum atomic E-state index is -0.643. The van der Waals surface area contributed by atoms with Crippen molar-refractivity contribution < 1.29 is 29.0 Å². The number of carbonyl (C=O) groups is 3. The van der Waals surface area contributed by atoms with Crippen LogP contribution < -0.4 is 10.1 Å². The SMILES string of the molecule is COc1cc(C(=O)CC(=O)c2ccc(NC(=O)OCc3ccc(Cl)cc3)cc2)ccc1O. The van der Waals surface area contributed by atoms with Crippen LogP contribution in [0.1, 0.15) is 32.7 Å². The van der Waals surface area contributed by atoms with E-state index in [0.29, 0.717) is 16.3 Å². The molecule has 0 aromatic heterocycles. The number of rotatable bonds is 8. The lowest BCUT2D eigenvalue weighted by Crippen LogP contribution is -2.14. The molecule has 164 valence electrons. The number of hydrogen-bond donors (Lipinski definition) is 2. The van der Waals surface area contributed by atoms with E-state index in [1.165, 1.54) is 37.4 Å². The topological polar surface area (TPSA) is 102 Å². The molecule has 3 rings (SSSR count). The van der Waals surface area contributed by atoms with Crippen molar-refractivity contribution >= 4 is 34.9 Å². The lowest BCUT2D eigenvalue weighted by Gasteiger charge is -2.08. The van der Waals surface area contributed by atoms with E-state index >= 15 is 0 Å². The van der Waals surface area contributed by atoms with Gasteiger partial charge in [0.15, 0.2) is 23.1 Å². The minimum absolute atomic E-state index is 0.0870. The predicted molar refractivity (Wildman–Crippen MR) is 120 cm³/mol. The maximum atomic E-state index is 12.4. The fourth-order valence-electron chi connectivity index (χ4n) is 2.82. The third kappa shape index (κ3) is 6.09. The number of ketones is 2. The number of Topliss-reactive ketones (excluding diaryl/α,β-unsaturated/α-hetero) is 2. The quantitative estimate of drug-likeness (QED) is 0.356. The van der Waals surface area contributed by atoms with Crippen molar-refractivity contribution in [3.05, 3.63) is 88.4 Å². The predicted octanol–water partition coefficient (Wildman–Crippen LogP) is 5.26. The first-order valence-corrected chi connectivity index (χ1v) is 9.95. The summed E-state index contributed by atoms with van der Waals surface area (Å²) in [6.45, 7) is 0.0870. The van der Waals surface area contributed by atoms with Crippen molar-refractivity contribution in [1.82, 2.24) is 0 Å². The van der Waals surface area contributed by atoms with E-state index in [0.717, 1.165) is 5.56 Å². The van der Waals surface area contributed by atoms with Crippen molar-refractivity contribution in [3.8, 4) is 11.5 Å². The summed E-state index contributed by atoms with van der Waals surface area (Å²) in [7, 11) is 1.37. The number of benzene rings is 3. The summed E-state index contributed by atoms with van der Waals surface area (Å²) in [5.41, 5.74) is 1.82. The van der Waals surface area contributed by atoms with Crippen molar-refractivity contribution in [2.45, 2.75) is 13.0 Å². The molecule has 2 N–H and O–H groups in total. The number of hydrogen-bond acceptors (Lipinski definition) is 6. The average molecular weight is 454 g/mol. The van der Waals surface area contributed by atoms with Gasteiger partial charge >= 0.3 is 6.09 Å². The minimum Gasteiger partial charge on any atom is -0.504 e. The van der Waals surface area contributed by atoms with E-state index in [-0.39, 0.29) is 35.9 Å². The number of phenolic OH excluding ortho intramolecular Hbond substituents is 1. The number of amides is 1. The summed E-state index contributed by atoms with van der Waals surface area (Å²) >= 11 is 5.82. The third-order valence-corrected chi connectivity index (χ3v) is 4.81. The summed E-state index contributed by atoms with van der Waals surface area (Å²) in [6, 6.07) is 17.2. The monoisotopic (exact) mass is 453 g/mol. The van der Waals surface area contributed by atoms with Crippen LogP contribution in [0, 0.1) is 0 Å². The number of halogens is 1. The highest BCUT2D eigenvalue weighted by atomic mass is 35.5. The van der Waals surface area contributed by atoms with Crippen LogP contribution in [0.4, 0.5) is 10.5 Å². The standard InChI is InChI=1S/C24H20ClNO6/c1-31-23-12-17(6-11-20(23)27)22(29)13-21(28)16-4-9-19(10-5-16)26-24(30)32-14-15-2-7-18(25)8-3-15/h2-12,27H,13-14H2,1H3,(H,26,30). The second kappa shape index (κ2) is 10.5. The zero-order valence-electron chi connectivity index (χ0n) is 17.1. The second-order valence-electron chi connectivity index (χ2n) is 6.81. The zero-order chi connectivity index (χ0) is 23.1. The van der Waals surface area contributed by atoms with Gasteiger partial charge < -0.3 is 14.6 Å². The summed E-state index contributed by atoms with van der Waals surface area (Å²) < 4.78 is 10.1. The first-order valence-electron chi connectivity index (χ1n) is 9.57. The maximum absolute atomic E-state index is 12.4. The van der Waals surface area contributed by atoms with Gasteiger partial charge in [0.2, 0.25) is 0 Å². The summed E-state index contributed by atoms with van der Waals surface area (Å²) in [5.74, 6) is -0.716. The molecule has 0 saturated carbocycles. The van der Waals surface area contributed by atoms with Crippen LogP contribution >= 0.6 is 11.6 Å². The van der Waals surface area contributed by atoms with E-state index in [9.17, 15) is 19.5 Å². The summed E-state index contributed by atoms with van der Waals surface area (Å²) in [5, 5.41) is 12.8. The van der Waals surface area contributed by atoms with Gasteiger partial charge in [-0.15, -0.1) is 0 Å². The molecular formula is C24H20ClNO6. The molecule has 0 radical (unpaired) electrons. The van der Waals surface area contributed by atoms with Crippen molar-refractivity contribution in [1.29, 1.82) is 0 Å². The molecule has 0 aliphatic rings. The van der Waals surface area contributed by atoms with E-state index < -0.39 is 11.9 Å². The average Bonchev–Trinajstić information content (AvgIpc) is 2.79. The molecule has 1 amide bonds. The Kier molecular flexibility index (Phi) is 7.46. The Bertz CT molecular complexity index is 1130. The zero-order valence-corrected chi connectivity index (χ0v) is 17.9. The Balaban J connectivity index is 1.54. The molecule has 0 aliphatic carbocycles. The largest absolute Gasteiger partial charge is 0.504 e. The van der Waals surface area contributed by atoms with Crippen LogP contribution in [0.15, 0.2) is 66.7 Å². The Morgan fingerprint density at radius 1 is 0.906 bits per heavy atom. The number of methoxy groups -OCH3 is 1. The van der Waals surface area contributed by atoms with Gasteiger partial charge in [0, 0.05) is 21.8 Å². The van der Waals surface area contributed by atoms with Gasteiger partial charge in [0.05, 0.1) is 13.5 Å². The first kappa shape index (κ1) is 22.8. The smallest absolute Gasteiger partial charge is 0.411 e. The van der Waals surface area contributed by atoms with Crippen molar-refractivity contribution in [2.24, 2.45) is 0 Å². The van der Waals surface area contributed by atoms with Crippen LogP contribution in [0.3, 0.4) is 0 Å². The Morgan fingerprint density at radius 3 is 2.19 bits per heavy atom.